The van der Waals surface area contributed by atoms with Gasteiger partial charge in [0.1, 0.15) is 6.54 Å². The van der Waals surface area contributed by atoms with Gasteiger partial charge in [-0.1, -0.05) is 17.7 Å². The van der Waals surface area contributed by atoms with E-state index in [1.54, 1.807) is 0 Å². The van der Waals surface area contributed by atoms with Gasteiger partial charge in [-0.15, -0.1) is 0 Å². The second-order valence-electron chi connectivity index (χ2n) is 8.47. The Balaban J connectivity index is 1.14. The Labute approximate surface area is 184 Å². The van der Waals surface area contributed by atoms with E-state index in [4.69, 9.17) is 11.6 Å². The summed E-state index contributed by atoms with van der Waals surface area (Å²) in [5, 5.41) is 8.41. The minimum atomic E-state index is 0.0519. The highest BCUT2D eigenvalue weighted by atomic mass is 35.5. The van der Waals surface area contributed by atoms with Gasteiger partial charge < -0.3 is 10.2 Å². The van der Waals surface area contributed by atoms with E-state index in [-0.39, 0.29) is 5.91 Å². The Morgan fingerprint density at radius 3 is 2.77 bits per heavy atom. The summed E-state index contributed by atoms with van der Waals surface area (Å²) in [5.74, 6) is 0.0519. The predicted molar refractivity (Wildman–Crippen MR) is 121 cm³/mol. The number of anilines is 1. The molecular formula is C23H32ClN5O. The number of amides is 1. The number of fused-ring (bicyclic) bond motifs is 1. The summed E-state index contributed by atoms with van der Waals surface area (Å²) in [6, 6.07) is 6.11. The number of aromatic nitrogens is 2. The molecule has 0 bridgehead atoms. The van der Waals surface area contributed by atoms with Crippen molar-refractivity contribution in [3.63, 3.8) is 0 Å². The molecule has 6 nitrogen and oxygen atoms in total. The standard InChI is InChI=1S/C23H32ClN5O/c1-18-7-8-20(24)15-22(18)28-13-11-27(12-14-28)10-4-9-25-23(30)17-29-16-19-5-2-3-6-21(19)26-29/h7-8,15-16H,2-6,9-14,17H2,1H3,(H,25,30). The van der Waals surface area contributed by atoms with Crippen LogP contribution in [0.3, 0.4) is 0 Å². The lowest BCUT2D eigenvalue weighted by molar-refractivity contribution is -0.121. The van der Waals surface area contributed by atoms with Crippen LogP contribution in [0.4, 0.5) is 5.69 Å². The number of benzene rings is 1. The Hall–Kier alpha value is -2.05. The molecule has 4 rings (SSSR count). The third-order valence-electron chi connectivity index (χ3n) is 6.20. The van der Waals surface area contributed by atoms with E-state index in [1.165, 1.54) is 35.3 Å². The number of aryl methyl sites for hydroxylation is 3. The van der Waals surface area contributed by atoms with Gasteiger partial charge in [-0.05, 0) is 68.8 Å². The molecule has 1 N–H and O–H groups in total. The fourth-order valence-electron chi connectivity index (χ4n) is 4.48. The summed E-state index contributed by atoms with van der Waals surface area (Å²) in [4.78, 5) is 17.1. The van der Waals surface area contributed by atoms with Crippen LogP contribution >= 0.6 is 11.6 Å². The number of piperazine rings is 1. The first kappa shape index (κ1) is 21.2. The van der Waals surface area contributed by atoms with Crippen LogP contribution < -0.4 is 10.2 Å². The van der Waals surface area contributed by atoms with E-state index in [2.05, 4.69) is 45.5 Å². The largest absolute Gasteiger partial charge is 0.369 e. The zero-order chi connectivity index (χ0) is 20.9. The fourth-order valence-corrected chi connectivity index (χ4v) is 4.65. The van der Waals surface area contributed by atoms with Crippen molar-refractivity contribution in [2.75, 3.05) is 44.2 Å². The van der Waals surface area contributed by atoms with Crippen molar-refractivity contribution in [2.45, 2.75) is 45.6 Å². The van der Waals surface area contributed by atoms with Crippen molar-refractivity contribution in [1.29, 1.82) is 0 Å². The molecule has 0 saturated carbocycles. The number of hydrogen-bond donors (Lipinski definition) is 1. The van der Waals surface area contributed by atoms with Crippen LogP contribution in [0, 0.1) is 6.92 Å². The molecule has 2 heterocycles. The van der Waals surface area contributed by atoms with E-state index >= 15 is 0 Å². The van der Waals surface area contributed by atoms with E-state index in [1.807, 2.05) is 10.7 Å². The van der Waals surface area contributed by atoms with E-state index in [0.717, 1.165) is 57.0 Å². The van der Waals surface area contributed by atoms with Gasteiger partial charge in [0.15, 0.2) is 0 Å². The highest BCUT2D eigenvalue weighted by Crippen LogP contribution is 2.25. The molecule has 1 aromatic carbocycles. The molecule has 1 aliphatic carbocycles. The number of nitrogens with one attached hydrogen (secondary N) is 1. The zero-order valence-corrected chi connectivity index (χ0v) is 18.6. The molecule has 1 aliphatic heterocycles. The average molecular weight is 430 g/mol. The Morgan fingerprint density at radius 1 is 1.17 bits per heavy atom. The molecule has 0 spiro atoms. The minimum absolute atomic E-state index is 0.0519. The topological polar surface area (TPSA) is 53.4 Å². The highest BCUT2D eigenvalue weighted by Gasteiger charge is 2.18. The Kier molecular flexibility index (Phi) is 6.95. The van der Waals surface area contributed by atoms with Gasteiger partial charge in [-0.25, -0.2) is 0 Å². The summed E-state index contributed by atoms with van der Waals surface area (Å²) in [7, 11) is 0. The van der Waals surface area contributed by atoms with Gasteiger partial charge in [0.2, 0.25) is 5.91 Å². The lowest BCUT2D eigenvalue weighted by atomic mass is 9.99. The number of carbonyl (C=O) groups excluding carboxylic acids is 1. The number of hydrogen-bond acceptors (Lipinski definition) is 4. The van der Waals surface area contributed by atoms with Gasteiger partial charge in [0, 0.05) is 49.6 Å². The molecule has 1 saturated heterocycles. The predicted octanol–water partition coefficient (Wildman–Crippen LogP) is 3.05. The Bertz CT molecular complexity index is 849. The van der Waals surface area contributed by atoms with Crippen LogP contribution in [0.2, 0.25) is 5.02 Å². The molecule has 2 aliphatic rings. The van der Waals surface area contributed by atoms with E-state index < -0.39 is 0 Å². The minimum Gasteiger partial charge on any atom is -0.369 e. The molecule has 1 aromatic heterocycles. The van der Waals surface area contributed by atoms with Gasteiger partial charge in [0.25, 0.3) is 0 Å². The first-order valence-corrected chi connectivity index (χ1v) is 11.5. The summed E-state index contributed by atoms with van der Waals surface area (Å²) < 4.78 is 1.81. The normalized spacial score (nSPS) is 17.1. The molecule has 0 radical (unpaired) electrons. The van der Waals surface area contributed by atoms with Gasteiger partial charge >= 0.3 is 0 Å². The molecule has 0 unspecified atom stereocenters. The lowest BCUT2D eigenvalue weighted by Gasteiger charge is -2.37. The van der Waals surface area contributed by atoms with Gasteiger partial charge in [-0.2, -0.15) is 5.10 Å². The maximum atomic E-state index is 12.2. The van der Waals surface area contributed by atoms with Crippen LogP contribution in [-0.4, -0.2) is 59.9 Å². The van der Waals surface area contributed by atoms with Crippen LogP contribution in [-0.2, 0) is 24.2 Å². The lowest BCUT2D eigenvalue weighted by Crippen LogP contribution is -2.47. The van der Waals surface area contributed by atoms with Crippen molar-refractivity contribution >= 4 is 23.2 Å². The molecule has 30 heavy (non-hydrogen) atoms. The first-order chi connectivity index (χ1) is 14.6. The smallest absolute Gasteiger partial charge is 0.241 e. The second-order valence-corrected chi connectivity index (χ2v) is 8.91. The van der Waals surface area contributed by atoms with Crippen LogP contribution in [0.5, 0.6) is 0 Å². The summed E-state index contributed by atoms with van der Waals surface area (Å²) in [6.07, 6.45) is 7.61. The fraction of sp³-hybridized carbons (Fsp3) is 0.565. The first-order valence-electron chi connectivity index (χ1n) is 11.1. The van der Waals surface area contributed by atoms with Crippen molar-refractivity contribution in [2.24, 2.45) is 0 Å². The zero-order valence-electron chi connectivity index (χ0n) is 17.9. The third-order valence-corrected chi connectivity index (χ3v) is 6.43. The van der Waals surface area contributed by atoms with Crippen molar-refractivity contribution < 1.29 is 4.79 Å². The molecular weight excluding hydrogens is 398 g/mol. The van der Waals surface area contributed by atoms with Crippen molar-refractivity contribution in [3.8, 4) is 0 Å². The number of carbonyl (C=O) groups is 1. The van der Waals surface area contributed by atoms with Gasteiger partial charge in [0.05, 0.1) is 5.69 Å². The summed E-state index contributed by atoms with van der Waals surface area (Å²) in [5.41, 5.74) is 5.02. The number of halogens is 1. The molecule has 1 amide bonds. The quantitative estimate of drug-likeness (QED) is 0.687. The van der Waals surface area contributed by atoms with E-state index in [0.29, 0.717) is 13.1 Å². The summed E-state index contributed by atoms with van der Waals surface area (Å²) >= 11 is 6.18. The third kappa shape index (κ3) is 5.35. The van der Waals surface area contributed by atoms with E-state index in [9.17, 15) is 4.79 Å². The average Bonchev–Trinajstić information content (AvgIpc) is 3.15. The van der Waals surface area contributed by atoms with Crippen LogP contribution in [0.15, 0.2) is 24.4 Å². The molecule has 0 atom stereocenters. The Morgan fingerprint density at radius 2 is 1.97 bits per heavy atom. The van der Waals surface area contributed by atoms with Crippen molar-refractivity contribution in [3.05, 3.63) is 46.2 Å². The van der Waals surface area contributed by atoms with Crippen molar-refractivity contribution in [1.82, 2.24) is 20.0 Å². The number of nitrogens with zero attached hydrogens (tertiary/aromatic N) is 4. The number of rotatable bonds is 7. The summed E-state index contributed by atoms with van der Waals surface area (Å²) in [6.45, 7) is 8.29. The maximum Gasteiger partial charge on any atom is 0.241 e. The van der Waals surface area contributed by atoms with Gasteiger partial charge in [-0.3, -0.25) is 14.4 Å². The van der Waals surface area contributed by atoms with Crippen LogP contribution in [0.25, 0.3) is 0 Å². The highest BCUT2D eigenvalue weighted by molar-refractivity contribution is 6.30. The molecule has 7 heteroatoms. The second kappa shape index (κ2) is 9.84. The maximum absolute atomic E-state index is 12.2. The SMILES string of the molecule is Cc1ccc(Cl)cc1N1CCN(CCCNC(=O)Cn2cc3c(n2)CCCC3)CC1. The molecule has 1 fully saturated rings. The monoisotopic (exact) mass is 429 g/mol. The molecule has 2 aromatic rings. The molecule has 162 valence electrons. The van der Waals surface area contributed by atoms with Crippen LogP contribution in [0.1, 0.15) is 36.1 Å².